The Morgan fingerprint density at radius 3 is 2.60 bits per heavy atom. The van der Waals surface area contributed by atoms with E-state index in [1.165, 1.54) is 0 Å². The highest BCUT2D eigenvalue weighted by molar-refractivity contribution is 5.79. The summed E-state index contributed by atoms with van der Waals surface area (Å²) in [6.45, 7) is 6.31. The van der Waals surface area contributed by atoms with Crippen molar-refractivity contribution >= 4 is 5.97 Å². The molecular formula is C8H15O2. The van der Waals surface area contributed by atoms with Gasteiger partial charge in [0.2, 0.25) is 0 Å². The number of carbonyl (C=O) groups is 1. The fourth-order valence-electron chi connectivity index (χ4n) is 0.541. The molecule has 10 heavy (non-hydrogen) atoms. The minimum absolute atomic E-state index is 0.197. The molecule has 0 aromatic heterocycles. The fourth-order valence-corrected chi connectivity index (χ4v) is 0.541. The van der Waals surface area contributed by atoms with Crippen LogP contribution in [-0.2, 0) is 9.53 Å². The molecule has 59 valence electrons. The van der Waals surface area contributed by atoms with Gasteiger partial charge in [0, 0.05) is 0 Å². The van der Waals surface area contributed by atoms with Crippen LogP contribution in [0.5, 0.6) is 0 Å². The van der Waals surface area contributed by atoms with Gasteiger partial charge in [0.1, 0.15) is 0 Å². The molecule has 2 heteroatoms. The van der Waals surface area contributed by atoms with E-state index in [-0.39, 0.29) is 5.97 Å². The zero-order chi connectivity index (χ0) is 7.98. The van der Waals surface area contributed by atoms with Gasteiger partial charge < -0.3 is 4.74 Å². The standard InChI is InChI=1S/C8H15O2/c1-4-7(3)6-8(9)10-5-2/h6-7H,4-5H2,1-3H3. The van der Waals surface area contributed by atoms with E-state index in [4.69, 9.17) is 4.74 Å². The molecule has 0 spiro atoms. The lowest BCUT2D eigenvalue weighted by atomic mass is 10.1. The molecular weight excluding hydrogens is 128 g/mol. The van der Waals surface area contributed by atoms with E-state index in [0.717, 1.165) is 6.42 Å². The number of carbonyl (C=O) groups excluding carboxylic acids is 1. The van der Waals surface area contributed by atoms with E-state index >= 15 is 0 Å². The molecule has 0 saturated carbocycles. The Labute approximate surface area is 62.6 Å². The van der Waals surface area contributed by atoms with Crippen molar-refractivity contribution in [2.45, 2.75) is 27.2 Å². The average Bonchev–Trinajstić information content (AvgIpc) is 1.88. The molecule has 0 aliphatic rings. The fraction of sp³-hybridized carbons (Fsp3) is 0.750. The summed E-state index contributed by atoms with van der Waals surface area (Å²) in [5, 5.41) is 0. The van der Waals surface area contributed by atoms with Crippen molar-refractivity contribution in [3.8, 4) is 0 Å². The molecule has 0 amide bonds. The van der Waals surface area contributed by atoms with Crippen LogP contribution < -0.4 is 0 Å². The molecule has 0 aromatic rings. The molecule has 0 aromatic carbocycles. The first-order valence-corrected chi connectivity index (χ1v) is 3.72. The number of ether oxygens (including phenoxy) is 1. The van der Waals surface area contributed by atoms with Gasteiger partial charge in [0.25, 0.3) is 0 Å². The van der Waals surface area contributed by atoms with Gasteiger partial charge in [0.15, 0.2) is 0 Å². The van der Waals surface area contributed by atoms with Crippen molar-refractivity contribution in [1.82, 2.24) is 0 Å². The van der Waals surface area contributed by atoms with Gasteiger partial charge in [-0.05, 0) is 12.8 Å². The van der Waals surface area contributed by atoms with Crippen LogP contribution in [0.2, 0.25) is 0 Å². The highest BCUT2D eigenvalue weighted by Gasteiger charge is 2.07. The minimum atomic E-state index is -0.197. The normalized spacial score (nSPS) is 12.7. The monoisotopic (exact) mass is 143 g/mol. The maximum Gasteiger partial charge on any atom is 0.310 e. The lowest BCUT2D eigenvalue weighted by Crippen LogP contribution is -2.09. The third-order valence-corrected chi connectivity index (χ3v) is 1.35. The van der Waals surface area contributed by atoms with E-state index in [9.17, 15) is 4.79 Å². The average molecular weight is 143 g/mol. The van der Waals surface area contributed by atoms with E-state index in [2.05, 4.69) is 0 Å². The van der Waals surface area contributed by atoms with Gasteiger partial charge in [-0.1, -0.05) is 20.3 Å². The van der Waals surface area contributed by atoms with Crippen LogP contribution in [0.25, 0.3) is 0 Å². The third-order valence-electron chi connectivity index (χ3n) is 1.35. The first-order valence-electron chi connectivity index (χ1n) is 3.72. The van der Waals surface area contributed by atoms with Crippen molar-refractivity contribution in [3.05, 3.63) is 6.42 Å². The molecule has 1 radical (unpaired) electrons. The van der Waals surface area contributed by atoms with Crippen LogP contribution in [0.1, 0.15) is 27.2 Å². The number of esters is 1. The maximum atomic E-state index is 10.7. The summed E-state index contributed by atoms with van der Waals surface area (Å²) in [5.74, 6) is 0.135. The molecule has 0 aliphatic heterocycles. The van der Waals surface area contributed by atoms with Crippen LogP contribution in [0, 0.1) is 12.3 Å². The van der Waals surface area contributed by atoms with Gasteiger partial charge in [-0.15, -0.1) is 0 Å². The van der Waals surface area contributed by atoms with Gasteiger partial charge in [-0.3, -0.25) is 4.79 Å². The Bertz CT molecular complexity index is 99.4. The molecule has 0 heterocycles. The molecule has 1 unspecified atom stereocenters. The third kappa shape index (κ3) is 4.36. The van der Waals surface area contributed by atoms with E-state index < -0.39 is 0 Å². The summed E-state index contributed by atoms with van der Waals surface area (Å²) in [6, 6.07) is 0. The second-order valence-electron chi connectivity index (χ2n) is 2.30. The highest BCUT2D eigenvalue weighted by atomic mass is 16.5. The lowest BCUT2D eigenvalue weighted by Gasteiger charge is -2.05. The minimum Gasteiger partial charge on any atom is -0.466 e. The molecule has 2 nitrogen and oxygen atoms in total. The summed E-state index contributed by atoms with van der Waals surface area (Å²) in [7, 11) is 0. The smallest absolute Gasteiger partial charge is 0.310 e. The Morgan fingerprint density at radius 1 is 1.60 bits per heavy atom. The summed E-state index contributed by atoms with van der Waals surface area (Å²) in [5.41, 5.74) is 0. The number of rotatable bonds is 4. The summed E-state index contributed by atoms with van der Waals surface area (Å²) in [4.78, 5) is 10.7. The molecule has 0 N–H and O–H groups in total. The Balaban J connectivity index is 3.37. The predicted octanol–water partition coefficient (Wildman–Crippen LogP) is 1.80. The summed E-state index contributed by atoms with van der Waals surface area (Å²) in [6.07, 6.45) is 2.60. The van der Waals surface area contributed by atoms with Crippen molar-refractivity contribution < 1.29 is 9.53 Å². The van der Waals surface area contributed by atoms with Crippen LogP contribution in [0.3, 0.4) is 0 Å². The Morgan fingerprint density at radius 2 is 2.20 bits per heavy atom. The summed E-state index contributed by atoms with van der Waals surface area (Å²) >= 11 is 0. The van der Waals surface area contributed by atoms with Crippen molar-refractivity contribution in [3.63, 3.8) is 0 Å². The Hall–Kier alpha value is -0.530. The van der Waals surface area contributed by atoms with Crippen molar-refractivity contribution in [2.75, 3.05) is 6.61 Å². The van der Waals surface area contributed by atoms with Gasteiger partial charge >= 0.3 is 5.97 Å². The van der Waals surface area contributed by atoms with E-state index in [1.54, 1.807) is 6.42 Å². The van der Waals surface area contributed by atoms with Crippen LogP contribution in [0.4, 0.5) is 0 Å². The van der Waals surface area contributed by atoms with Gasteiger partial charge in [-0.2, -0.15) is 0 Å². The first-order chi connectivity index (χ1) is 4.70. The molecule has 0 fully saturated rings. The van der Waals surface area contributed by atoms with Crippen LogP contribution in [-0.4, -0.2) is 12.6 Å². The Kier molecular flexibility index (Phi) is 4.99. The molecule has 0 bridgehead atoms. The number of hydrogen-bond acceptors (Lipinski definition) is 2. The number of hydrogen-bond donors (Lipinski definition) is 0. The maximum absolute atomic E-state index is 10.7. The van der Waals surface area contributed by atoms with Gasteiger partial charge in [0.05, 0.1) is 13.0 Å². The SMILES string of the molecule is CCOC(=O)[CH]C(C)CC. The first kappa shape index (κ1) is 9.47. The highest BCUT2D eigenvalue weighted by Crippen LogP contribution is 2.05. The zero-order valence-electron chi connectivity index (χ0n) is 6.89. The van der Waals surface area contributed by atoms with Gasteiger partial charge in [-0.25, -0.2) is 0 Å². The topological polar surface area (TPSA) is 26.3 Å². The largest absolute Gasteiger partial charge is 0.466 e. The van der Waals surface area contributed by atoms with E-state index in [1.807, 2.05) is 20.8 Å². The quantitative estimate of drug-likeness (QED) is 0.561. The molecule has 0 saturated heterocycles. The molecule has 1 atom stereocenters. The molecule has 0 rings (SSSR count). The lowest BCUT2D eigenvalue weighted by molar-refractivity contribution is -0.139. The van der Waals surface area contributed by atoms with Crippen LogP contribution in [0.15, 0.2) is 0 Å². The van der Waals surface area contributed by atoms with Crippen molar-refractivity contribution in [1.29, 1.82) is 0 Å². The summed E-state index contributed by atoms with van der Waals surface area (Å²) < 4.78 is 4.72. The second-order valence-corrected chi connectivity index (χ2v) is 2.30. The zero-order valence-corrected chi connectivity index (χ0v) is 6.89. The predicted molar refractivity (Wildman–Crippen MR) is 40.4 cm³/mol. The second kappa shape index (κ2) is 5.27. The molecule has 0 aliphatic carbocycles. The van der Waals surface area contributed by atoms with Crippen LogP contribution >= 0.6 is 0 Å². The van der Waals surface area contributed by atoms with Crippen molar-refractivity contribution in [2.24, 2.45) is 5.92 Å². The van der Waals surface area contributed by atoms with E-state index in [0.29, 0.717) is 12.5 Å².